The molecule has 0 bridgehead atoms. The van der Waals surface area contributed by atoms with Crippen LogP contribution in [0.1, 0.15) is 93.5 Å². The number of aromatic nitrogens is 2. The number of halogens is 2. The van der Waals surface area contributed by atoms with Crippen molar-refractivity contribution in [3.63, 3.8) is 0 Å². The van der Waals surface area contributed by atoms with Crippen LogP contribution < -0.4 is 10.5 Å². The van der Waals surface area contributed by atoms with Crippen molar-refractivity contribution in [2.45, 2.75) is 91.3 Å². The molecule has 2 N–H and O–H groups in total. The Morgan fingerprint density at radius 1 is 1.16 bits per heavy atom. The van der Waals surface area contributed by atoms with Crippen molar-refractivity contribution >= 4 is 28.7 Å². The number of carbonyl (C=O) groups excluding carboxylic acids is 2. The number of likely N-dealkylation sites (tertiary alicyclic amines) is 1. The van der Waals surface area contributed by atoms with Gasteiger partial charge in [0.05, 0.1) is 19.7 Å². The van der Waals surface area contributed by atoms with Crippen LogP contribution in [0.5, 0.6) is 5.75 Å². The molecule has 11 heteroatoms. The first-order valence-electron chi connectivity index (χ1n) is 15.0. The summed E-state index contributed by atoms with van der Waals surface area (Å²) in [5, 5.41) is 0.832. The minimum Gasteiger partial charge on any atom is -0.496 e. The maximum Gasteiger partial charge on any atom is 0.419 e. The van der Waals surface area contributed by atoms with Gasteiger partial charge in [-0.15, -0.1) is 0 Å². The van der Waals surface area contributed by atoms with Gasteiger partial charge in [0.25, 0.3) is 0 Å². The summed E-state index contributed by atoms with van der Waals surface area (Å²) in [5.41, 5.74) is 8.82. The molecule has 1 saturated heterocycles. The van der Waals surface area contributed by atoms with E-state index in [-0.39, 0.29) is 24.6 Å². The van der Waals surface area contributed by atoms with Gasteiger partial charge < -0.3 is 19.9 Å². The van der Waals surface area contributed by atoms with Gasteiger partial charge in [-0.05, 0) is 76.3 Å². The third-order valence-electron chi connectivity index (χ3n) is 8.39. The van der Waals surface area contributed by atoms with Gasteiger partial charge in [0.1, 0.15) is 17.0 Å². The van der Waals surface area contributed by atoms with Crippen LogP contribution in [0.4, 0.5) is 19.3 Å². The normalized spacial score (nSPS) is 19.1. The zero-order valence-electron chi connectivity index (χ0n) is 26.9. The fraction of sp³-hybridized carbons (Fsp3) is 0.545. The van der Waals surface area contributed by atoms with Crippen LogP contribution in [0.25, 0.3) is 10.9 Å². The number of piperidine rings is 1. The van der Waals surface area contributed by atoms with Gasteiger partial charge in [0.15, 0.2) is 0 Å². The largest absolute Gasteiger partial charge is 0.496 e. The highest BCUT2D eigenvalue weighted by Gasteiger charge is 2.58. The molecule has 2 aliphatic rings. The summed E-state index contributed by atoms with van der Waals surface area (Å²) in [6.07, 6.45) is 3.54. The average Bonchev–Trinajstić information content (AvgIpc) is 3.40. The van der Waals surface area contributed by atoms with Gasteiger partial charge in [-0.1, -0.05) is 13.8 Å². The monoisotopic (exact) mass is 614 g/mol. The van der Waals surface area contributed by atoms with E-state index < -0.39 is 29.0 Å². The Hall–Kier alpha value is -3.73. The van der Waals surface area contributed by atoms with Crippen LogP contribution in [0.15, 0.2) is 30.6 Å². The lowest BCUT2D eigenvalue weighted by Gasteiger charge is -2.54. The molecule has 1 atom stereocenters. The van der Waals surface area contributed by atoms with Crippen LogP contribution in [0, 0.1) is 12.3 Å². The predicted molar refractivity (Wildman–Crippen MR) is 165 cm³/mol. The fourth-order valence-electron chi connectivity index (χ4n) is 6.59. The Balaban J connectivity index is 0.00000216. The number of aryl methyl sites for hydroxylation is 1. The van der Waals surface area contributed by atoms with Gasteiger partial charge >= 0.3 is 12.1 Å². The third kappa shape index (κ3) is 6.52. The molecule has 1 unspecified atom stereocenters. The summed E-state index contributed by atoms with van der Waals surface area (Å²) in [6, 6.07) is 4.91. The lowest BCUT2D eigenvalue weighted by molar-refractivity contribution is -0.186. The van der Waals surface area contributed by atoms with Crippen molar-refractivity contribution in [2.24, 2.45) is 5.41 Å². The van der Waals surface area contributed by atoms with Crippen LogP contribution in [0.3, 0.4) is 0 Å². The van der Waals surface area contributed by atoms with E-state index in [9.17, 15) is 18.4 Å². The molecule has 3 heterocycles. The second kappa shape index (κ2) is 12.3. The number of nitrogens with zero attached hydrogens (tertiary/aromatic N) is 3. The van der Waals surface area contributed by atoms with Crippen molar-refractivity contribution in [3.05, 3.63) is 53.0 Å². The van der Waals surface area contributed by atoms with E-state index in [1.54, 1.807) is 19.5 Å². The molecule has 1 saturated carbocycles. The molecule has 1 aliphatic carbocycles. The van der Waals surface area contributed by atoms with Gasteiger partial charge in [-0.2, -0.15) is 0 Å². The zero-order valence-corrected chi connectivity index (χ0v) is 26.9. The number of carbonyl (C=O) groups is 2. The number of nitrogen functional groups attached to an aromatic ring is 1. The molecule has 5 rings (SSSR count). The Labute approximate surface area is 257 Å². The molecule has 240 valence electrons. The first kappa shape index (κ1) is 33.2. The van der Waals surface area contributed by atoms with Gasteiger partial charge in [0.2, 0.25) is 5.92 Å². The van der Waals surface area contributed by atoms with Crippen molar-refractivity contribution in [3.8, 4) is 5.75 Å². The highest BCUT2D eigenvalue weighted by molar-refractivity contribution is 5.95. The number of pyridine rings is 1. The van der Waals surface area contributed by atoms with E-state index in [2.05, 4.69) is 9.88 Å². The van der Waals surface area contributed by atoms with E-state index in [4.69, 9.17) is 19.9 Å². The summed E-state index contributed by atoms with van der Waals surface area (Å²) in [5.74, 6) is -2.62. The number of ether oxygens (including phenoxy) is 3. The molecule has 0 radical (unpaired) electrons. The first-order valence-corrected chi connectivity index (χ1v) is 15.0. The molecule has 1 aromatic carbocycles. The van der Waals surface area contributed by atoms with E-state index in [1.165, 1.54) is 17.7 Å². The highest BCUT2D eigenvalue weighted by atomic mass is 19.3. The van der Waals surface area contributed by atoms with Crippen molar-refractivity contribution in [1.29, 1.82) is 0 Å². The minimum atomic E-state index is -2.66. The summed E-state index contributed by atoms with van der Waals surface area (Å²) in [7, 11) is 2.87. The molecule has 2 fully saturated rings. The number of fused-ring (bicyclic) bond motifs is 1. The smallest absolute Gasteiger partial charge is 0.419 e. The Morgan fingerprint density at radius 2 is 1.84 bits per heavy atom. The molecular weight excluding hydrogens is 570 g/mol. The number of nitrogens with two attached hydrogens (primary N) is 1. The molecule has 0 amide bonds. The molecule has 44 heavy (non-hydrogen) atoms. The summed E-state index contributed by atoms with van der Waals surface area (Å²) >= 11 is 0. The molecule has 9 nitrogen and oxygen atoms in total. The molecule has 2 aromatic heterocycles. The van der Waals surface area contributed by atoms with Crippen molar-refractivity contribution in [1.82, 2.24) is 14.5 Å². The SMILES string of the molecule is CC.COC(=O)c1cc(N)c(C2CC3(CCN2Cc2c(OC)cc(C)c4c2ccn4C(=O)OC(C)(C)C)CC(F)(F)C3)cn1. The van der Waals surface area contributed by atoms with Crippen molar-refractivity contribution in [2.75, 3.05) is 26.5 Å². The summed E-state index contributed by atoms with van der Waals surface area (Å²) in [6.45, 7) is 12.3. The first-order chi connectivity index (χ1) is 20.7. The number of rotatable bonds is 5. The number of anilines is 1. The fourth-order valence-corrected chi connectivity index (χ4v) is 6.59. The number of methoxy groups -OCH3 is 2. The van der Waals surface area contributed by atoms with E-state index in [0.29, 0.717) is 48.4 Å². The highest BCUT2D eigenvalue weighted by Crippen LogP contribution is 2.61. The standard InChI is InChI=1S/C31H38F2N4O5.C2H6/c1-18-11-25(40-5)21(19-7-9-37(26(18)19)28(39)42-29(2,3)4)15-36-10-8-30(16-31(32,33)17-30)13-24(36)20-14-35-23(12-22(20)34)27(38)41-6;1-2/h7,9,11-12,14,24H,8,10,13,15-17H2,1-6H3,(H2,34,35);1-2H3. The topological polar surface area (TPSA) is 109 Å². The number of hydrogen-bond donors (Lipinski definition) is 1. The van der Waals surface area contributed by atoms with E-state index in [0.717, 1.165) is 16.5 Å². The van der Waals surface area contributed by atoms with Gasteiger partial charge in [-0.25, -0.2) is 23.4 Å². The van der Waals surface area contributed by atoms with E-state index >= 15 is 0 Å². The molecule has 1 aliphatic heterocycles. The average molecular weight is 615 g/mol. The Bertz CT molecular complexity index is 1540. The van der Waals surface area contributed by atoms with Crippen LogP contribution in [-0.4, -0.2) is 58.8 Å². The predicted octanol–water partition coefficient (Wildman–Crippen LogP) is 7.28. The lowest BCUT2D eigenvalue weighted by Crippen LogP contribution is -2.53. The Kier molecular flexibility index (Phi) is 9.30. The number of alkyl halides is 2. The minimum absolute atomic E-state index is 0.0800. The quantitative estimate of drug-likeness (QED) is 0.299. The van der Waals surface area contributed by atoms with Crippen molar-refractivity contribution < 1.29 is 32.6 Å². The molecular formula is C33H44F2N4O5. The second-order valence-electron chi connectivity index (χ2n) is 12.6. The molecule has 3 aromatic rings. The second-order valence-corrected chi connectivity index (χ2v) is 12.6. The number of hydrogen-bond acceptors (Lipinski definition) is 8. The number of benzene rings is 1. The third-order valence-corrected chi connectivity index (χ3v) is 8.39. The van der Waals surface area contributed by atoms with Gasteiger partial charge in [0, 0.05) is 60.0 Å². The summed E-state index contributed by atoms with van der Waals surface area (Å²) in [4.78, 5) is 31.6. The Morgan fingerprint density at radius 3 is 2.41 bits per heavy atom. The van der Waals surface area contributed by atoms with Crippen LogP contribution >= 0.6 is 0 Å². The zero-order chi connectivity index (χ0) is 32.6. The molecule has 1 spiro atoms. The van der Waals surface area contributed by atoms with Gasteiger partial charge in [-0.3, -0.25) is 9.47 Å². The van der Waals surface area contributed by atoms with Crippen LogP contribution in [0.2, 0.25) is 0 Å². The maximum atomic E-state index is 14.1. The summed E-state index contributed by atoms with van der Waals surface area (Å²) < 4.78 is 46.0. The maximum absolute atomic E-state index is 14.1. The number of esters is 1. The van der Waals surface area contributed by atoms with E-state index in [1.807, 2.05) is 53.7 Å². The van der Waals surface area contributed by atoms with Crippen LogP contribution in [-0.2, 0) is 16.0 Å². The lowest BCUT2D eigenvalue weighted by atomic mass is 9.59.